The van der Waals surface area contributed by atoms with Crippen molar-refractivity contribution >= 4 is 34.6 Å². The van der Waals surface area contributed by atoms with Crippen LogP contribution in [0, 0.1) is 6.92 Å². The first-order valence-electron chi connectivity index (χ1n) is 11.1. The molecule has 1 atom stereocenters. The van der Waals surface area contributed by atoms with E-state index in [4.69, 9.17) is 17.0 Å². The molecule has 7 heteroatoms. The highest BCUT2D eigenvalue weighted by Gasteiger charge is 2.35. The number of phenolic OH excluding ortho intramolecular Hbond substituents is 1. The van der Waals surface area contributed by atoms with Crippen molar-refractivity contribution in [1.82, 2.24) is 5.32 Å². The van der Waals surface area contributed by atoms with Gasteiger partial charge in [-0.1, -0.05) is 36.4 Å². The van der Waals surface area contributed by atoms with Crippen molar-refractivity contribution in [2.24, 2.45) is 0 Å². The first kappa shape index (κ1) is 23.3. The Bertz CT molecular complexity index is 1260. The number of carbonyl (C=O) groups is 1. The second kappa shape index (κ2) is 9.97. The molecule has 3 aromatic rings. The minimum absolute atomic E-state index is 0.0429. The molecule has 34 heavy (non-hydrogen) atoms. The largest absolute Gasteiger partial charge is 0.504 e. The van der Waals surface area contributed by atoms with Crippen molar-refractivity contribution in [3.8, 4) is 11.5 Å². The van der Waals surface area contributed by atoms with Gasteiger partial charge in [-0.2, -0.15) is 0 Å². The number of rotatable bonds is 6. The molecule has 0 bridgehead atoms. The summed E-state index contributed by atoms with van der Waals surface area (Å²) >= 11 is 5.75. The van der Waals surface area contributed by atoms with E-state index in [1.165, 1.54) is 0 Å². The minimum Gasteiger partial charge on any atom is -0.504 e. The van der Waals surface area contributed by atoms with Crippen molar-refractivity contribution < 1.29 is 14.6 Å². The number of benzene rings is 3. The Hall–Kier alpha value is -3.84. The smallest absolute Gasteiger partial charge is 0.255 e. The number of nitrogens with zero attached hydrogens (tertiary/aromatic N) is 1. The number of para-hydroxylation sites is 1. The Labute approximate surface area is 204 Å². The molecule has 3 aromatic carbocycles. The molecule has 174 valence electrons. The van der Waals surface area contributed by atoms with Crippen LogP contribution in [0.2, 0.25) is 0 Å². The number of phenols is 1. The highest BCUT2D eigenvalue weighted by atomic mass is 32.1. The Morgan fingerprint density at radius 2 is 1.85 bits per heavy atom. The van der Waals surface area contributed by atoms with E-state index in [-0.39, 0.29) is 11.7 Å². The van der Waals surface area contributed by atoms with E-state index in [1.807, 2.05) is 80.3 Å². The SMILES string of the molecule is CCOc1cc(C2NC(=S)N(c3cccc(C)c3)C(C)=C2C(=O)Nc2ccccc2)ccc1O. The summed E-state index contributed by atoms with van der Waals surface area (Å²) in [6, 6.07) is 21.8. The average Bonchev–Trinajstić information content (AvgIpc) is 2.81. The monoisotopic (exact) mass is 473 g/mol. The van der Waals surface area contributed by atoms with Crippen LogP contribution in [0.4, 0.5) is 11.4 Å². The molecule has 1 aliphatic heterocycles. The van der Waals surface area contributed by atoms with Crippen LogP contribution in [0.5, 0.6) is 11.5 Å². The predicted molar refractivity (Wildman–Crippen MR) is 139 cm³/mol. The maximum Gasteiger partial charge on any atom is 0.255 e. The van der Waals surface area contributed by atoms with Crippen molar-refractivity contribution in [1.29, 1.82) is 0 Å². The second-order valence-electron chi connectivity index (χ2n) is 8.04. The van der Waals surface area contributed by atoms with Crippen LogP contribution in [0.25, 0.3) is 0 Å². The van der Waals surface area contributed by atoms with Crippen LogP contribution in [0.1, 0.15) is 31.0 Å². The molecule has 3 N–H and O–H groups in total. The van der Waals surface area contributed by atoms with Crippen molar-refractivity contribution in [3.63, 3.8) is 0 Å². The standard InChI is InChI=1S/C27H27N3O3S/c1-4-33-23-16-19(13-14-22(23)31)25-24(26(32)28-20-10-6-5-7-11-20)18(3)30(27(34)29-25)21-12-8-9-17(2)15-21/h5-16,25,31H,4H2,1-3H3,(H,28,32)(H,29,34). The summed E-state index contributed by atoms with van der Waals surface area (Å²) in [5, 5.41) is 17.0. The minimum atomic E-state index is -0.530. The third-order valence-electron chi connectivity index (χ3n) is 5.64. The Morgan fingerprint density at radius 3 is 2.56 bits per heavy atom. The van der Waals surface area contributed by atoms with Gasteiger partial charge >= 0.3 is 0 Å². The van der Waals surface area contributed by atoms with Gasteiger partial charge in [0.2, 0.25) is 0 Å². The third-order valence-corrected chi connectivity index (χ3v) is 5.94. The number of ether oxygens (including phenoxy) is 1. The van der Waals surface area contributed by atoms with Gasteiger partial charge < -0.3 is 20.5 Å². The first-order valence-corrected chi connectivity index (χ1v) is 11.5. The van der Waals surface area contributed by atoms with E-state index in [0.29, 0.717) is 28.7 Å². The number of thiocarbonyl (C=S) groups is 1. The Morgan fingerprint density at radius 1 is 1.09 bits per heavy atom. The average molecular weight is 474 g/mol. The predicted octanol–water partition coefficient (Wildman–Crippen LogP) is 5.45. The highest BCUT2D eigenvalue weighted by molar-refractivity contribution is 7.80. The molecule has 0 radical (unpaired) electrons. The lowest BCUT2D eigenvalue weighted by molar-refractivity contribution is -0.113. The van der Waals surface area contributed by atoms with Crippen LogP contribution < -0.4 is 20.3 Å². The molecule has 1 unspecified atom stereocenters. The number of aromatic hydroxyl groups is 1. The van der Waals surface area contributed by atoms with Gasteiger partial charge in [-0.05, 0) is 80.5 Å². The number of hydrogen-bond donors (Lipinski definition) is 3. The number of aryl methyl sites for hydroxylation is 1. The molecule has 0 fully saturated rings. The first-order chi connectivity index (χ1) is 16.4. The summed E-state index contributed by atoms with van der Waals surface area (Å²) in [5.74, 6) is 0.156. The zero-order chi connectivity index (χ0) is 24.2. The summed E-state index contributed by atoms with van der Waals surface area (Å²) in [6.07, 6.45) is 0. The molecule has 1 heterocycles. The van der Waals surface area contributed by atoms with Gasteiger partial charge in [0.1, 0.15) is 0 Å². The summed E-state index contributed by atoms with van der Waals surface area (Å²) in [6.45, 7) is 6.17. The second-order valence-corrected chi connectivity index (χ2v) is 8.42. The fourth-order valence-corrected chi connectivity index (χ4v) is 4.43. The molecule has 0 saturated carbocycles. The summed E-state index contributed by atoms with van der Waals surface area (Å²) in [5.41, 5.74) is 4.66. The highest BCUT2D eigenvalue weighted by Crippen LogP contribution is 2.37. The van der Waals surface area contributed by atoms with Crippen LogP contribution in [0.3, 0.4) is 0 Å². The summed E-state index contributed by atoms with van der Waals surface area (Å²) in [7, 11) is 0. The molecular weight excluding hydrogens is 446 g/mol. The lowest BCUT2D eigenvalue weighted by atomic mass is 9.93. The van der Waals surface area contributed by atoms with Gasteiger partial charge in [0.25, 0.3) is 5.91 Å². The molecule has 6 nitrogen and oxygen atoms in total. The van der Waals surface area contributed by atoms with Gasteiger partial charge in [0, 0.05) is 17.1 Å². The maximum absolute atomic E-state index is 13.6. The Balaban J connectivity index is 1.83. The number of anilines is 2. The molecule has 0 aromatic heterocycles. The fraction of sp³-hybridized carbons (Fsp3) is 0.185. The lowest BCUT2D eigenvalue weighted by Crippen LogP contribution is -2.48. The van der Waals surface area contributed by atoms with E-state index in [0.717, 1.165) is 22.5 Å². The van der Waals surface area contributed by atoms with Crippen LogP contribution in [0.15, 0.2) is 84.1 Å². The van der Waals surface area contributed by atoms with Gasteiger partial charge in [-0.3, -0.25) is 9.69 Å². The number of allylic oxidation sites excluding steroid dienone is 1. The van der Waals surface area contributed by atoms with Gasteiger partial charge in [0.15, 0.2) is 16.6 Å². The van der Waals surface area contributed by atoms with E-state index in [1.54, 1.807) is 18.2 Å². The summed E-state index contributed by atoms with van der Waals surface area (Å²) < 4.78 is 5.58. The van der Waals surface area contributed by atoms with Gasteiger partial charge in [-0.15, -0.1) is 0 Å². The van der Waals surface area contributed by atoms with Crippen LogP contribution in [-0.2, 0) is 4.79 Å². The number of amides is 1. The molecule has 1 amide bonds. The molecular formula is C27H27N3O3S. The van der Waals surface area contributed by atoms with E-state index in [9.17, 15) is 9.90 Å². The van der Waals surface area contributed by atoms with Crippen molar-refractivity contribution in [2.45, 2.75) is 26.8 Å². The van der Waals surface area contributed by atoms with Gasteiger partial charge in [-0.25, -0.2) is 0 Å². The molecule has 4 rings (SSSR count). The Kier molecular flexibility index (Phi) is 6.84. The van der Waals surface area contributed by atoms with Crippen molar-refractivity contribution in [2.75, 3.05) is 16.8 Å². The molecule has 0 saturated heterocycles. The summed E-state index contributed by atoms with van der Waals surface area (Å²) in [4.78, 5) is 15.5. The van der Waals surface area contributed by atoms with E-state index in [2.05, 4.69) is 10.6 Å². The topological polar surface area (TPSA) is 73.8 Å². The molecule has 1 aliphatic rings. The zero-order valence-corrected chi connectivity index (χ0v) is 20.1. The van der Waals surface area contributed by atoms with Crippen LogP contribution >= 0.6 is 12.2 Å². The van der Waals surface area contributed by atoms with Crippen LogP contribution in [-0.4, -0.2) is 22.7 Å². The normalized spacial score (nSPS) is 15.7. The third kappa shape index (κ3) is 4.75. The zero-order valence-electron chi connectivity index (χ0n) is 19.3. The number of nitrogens with one attached hydrogen (secondary N) is 2. The van der Waals surface area contributed by atoms with E-state index >= 15 is 0 Å². The fourth-order valence-electron chi connectivity index (χ4n) is 4.07. The number of hydrogen-bond acceptors (Lipinski definition) is 4. The molecule has 0 aliphatic carbocycles. The van der Waals surface area contributed by atoms with Crippen molar-refractivity contribution in [3.05, 3.63) is 95.2 Å². The molecule has 0 spiro atoms. The quantitative estimate of drug-likeness (QED) is 0.414. The lowest BCUT2D eigenvalue weighted by Gasteiger charge is -2.38. The van der Waals surface area contributed by atoms with E-state index < -0.39 is 6.04 Å². The number of carbonyl (C=O) groups excluding carboxylic acids is 1. The van der Waals surface area contributed by atoms with Gasteiger partial charge in [0.05, 0.1) is 18.2 Å². The maximum atomic E-state index is 13.6.